The molecule has 2 N–H and O–H groups in total. The van der Waals surface area contributed by atoms with E-state index in [0.717, 1.165) is 12.1 Å². The van der Waals surface area contributed by atoms with Crippen LogP contribution in [0.25, 0.3) is 5.69 Å². The van der Waals surface area contributed by atoms with E-state index in [1.54, 1.807) is 11.0 Å². The minimum absolute atomic E-state index is 0.683. The van der Waals surface area contributed by atoms with Gasteiger partial charge < -0.3 is 5.73 Å². The first-order valence-electron chi connectivity index (χ1n) is 4.96. The van der Waals surface area contributed by atoms with E-state index < -0.39 is 0 Å². The van der Waals surface area contributed by atoms with Crippen molar-refractivity contribution in [2.24, 2.45) is 5.73 Å². The SMILES string of the molecule is Cc1cc(CCN)ccc1-n1cncn1. The molecular weight excluding hydrogens is 188 g/mol. The van der Waals surface area contributed by atoms with Crippen LogP contribution in [0.1, 0.15) is 11.1 Å². The highest BCUT2D eigenvalue weighted by molar-refractivity contribution is 5.41. The average molecular weight is 202 g/mol. The number of hydrogen-bond donors (Lipinski definition) is 1. The van der Waals surface area contributed by atoms with E-state index >= 15 is 0 Å². The zero-order valence-electron chi connectivity index (χ0n) is 8.72. The maximum absolute atomic E-state index is 5.52. The lowest BCUT2D eigenvalue weighted by molar-refractivity contribution is 0.867. The van der Waals surface area contributed by atoms with Gasteiger partial charge in [-0.05, 0) is 37.1 Å². The molecule has 2 aromatic rings. The van der Waals surface area contributed by atoms with E-state index in [1.165, 1.54) is 17.5 Å². The van der Waals surface area contributed by atoms with Crippen LogP contribution in [-0.4, -0.2) is 21.3 Å². The Morgan fingerprint density at radius 1 is 1.40 bits per heavy atom. The molecule has 0 aliphatic carbocycles. The van der Waals surface area contributed by atoms with Gasteiger partial charge in [0.2, 0.25) is 0 Å². The molecule has 0 aliphatic heterocycles. The minimum atomic E-state index is 0.683. The lowest BCUT2D eigenvalue weighted by Crippen LogP contribution is -2.04. The summed E-state index contributed by atoms with van der Waals surface area (Å²) in [6, 6.07) is 6.27. The zero-order valence-corrected chi connectivity index (χ0v) is 8.72. The Hall–Kier alpha value is -1.68. The van der Waals surface area contributed by atoms with Crippen molar-refractivity contribution in [3.05, 3.63) is 42.0 Å². The summed E-state index contributed by atoms with van der Waals surface area (Å²) in [5.41, 5.74) is 9.03. The fourth-order valence-electron chi connectivity index (χ4n) is 1.63. The van der Waals surface area contributed by atoms with E-state index in [0.29, 0.717) is 6.54 Å². The standard InChI is InChI=1S/C11H14N4/c1-9-6-10(4-5-12)2-3-11(9)15-8-13-7-14-15/h2-3,6-8H,4-5,12H2,1H3. The van der Waals surface area contributed by atoms with Gasteiger partial charge in [0.25, 0.3) is 0 Å². The second-order valence-electron chi connectivity index (χ2n) is 3.50. The summed E-state index contributed by atoms with van der Waals surface area (Å²) < 4.78 is 1.77. The van der Waals surface area contributed by atoms with Gasteiger partial charge in [0, 0.05) is 0 Å². The fraction of sp³-hybridized carbons (Fsp3) is 0.273. The van der Waals surface area contributed by atoms with Crippen LogP contribution in [0.2, 0.25) is 0 Å². The van der Waals surface area contributed by atoms with Gasteiger partial charge in [-0.2, -0.15) is 5.10 Å². The topological polar surface area (TPSA) is 56.7 Å². The maximum Gasteiger partial charge on any atom is 0.138 e. The van der Waals surface area contributed by atoms with Crippen LogP contribution in [0, 0.1) is 6.92 Å². The third-order valence-corrected chi connectivity index (χ3v) is 2.36. The van der Waals surface area contributed by atoms with Crippen LogP contribution in [0.4, 0.5) is 0 Å². The Bertz CT molecular complexity index is 434. The van der Waals surface area contributed by atoms with Crippen molar-refractivity contribution in [1.29, 1.82) is 0 Å². The Morgan fingerprint density at radius 3 is 2.87 bits per heavy atom. The first-order valence-corrected chi connectivity index (χ1v) is 4.96. The van der Waals surface area contributed by atoms with Crippen LogP contribution < -0.4 is 5.73 Å². The zero-order chi connectivity index (χ0) is 10.7. The first-order chi connectivity index (χ1) is 7.31. The van der Waals surface area contributed by atoms with Gasteiger partial charge in [-0.1, -0.05) is 12.1 Å². The van der Waals surface area contributed by atoms with Crippen LogP contribution in [0.3, 0.4) is 0 Å². The smallest absolute Gasteiger partial charge is 0.138 e. The molecule has 0 atom stereocenters. The highest BCUT2D eigenvalue weighted by Gasteiger charge is 2.02. The van der Waals surface area contributed by atoms with E-state index in [9.17, 15) is 0 Å². The molecule has 0 bridgehead atoms. The van der Waals surface area contributed by atoms with Crippen LogP contribution in [0.5, 0.6) is 0 Å². The molecule has 0 amide bonds. The first kappa shape index (κ1) is 9.86. The normalized spacial score (nSPS) is 10.5. The van der Waals surface area contributed by atoms with E-state index in [1.807, 2.05) is 0 Å². The molecular formula is C11H14N4. The van der Waals surface area contributed by atoms with Gasteiger partial charge in [-0.3, -0.25) is 0 Å². The average Bonchev–Trinajstić information content (AvgIpc) is 2.71. The second-order valence-corrected chi connectivity index (χ2v) is 3.50. The van der Waals surface area contributed by atoms with E-state index in [4.69, 9.17) is 5.73 Å². The molecule has 0 saturated carbocycles. The quantitative estimate of drug-likeness (QED) is 0.810. The van der Waals surface area contributed by atoms with Crippen LogP contribution in [0.15, 0.2) is 30.9 Å². The molecule has 4 heteroatoms. The molecule has 0 saturated heterocycles. The van der Waals surface area contributed by atoms with Crippen LogP contribution in [-0.2, 0) is 6.42 Å². The summed E-state index contributed by atoms with van der Waals surface area (Å²) in [5.74, 6) is 0. The Kier molecular flexibility index (Phi) is 2.78. The van der Waals surface area contributed by atoms with Gasteiger partial charge in [-0.15, -0.1) is 0 Å². The largest absolute Gasteiger partial charge is 0.330 e. The molecule has 0 aliphatic rings. The van der Waals surface area contributed by atoms with Gasteiger partial charge in [0.1, 0.15) is 12.7 Å². The summed E-state index contributed by atoms with van der Waals surface area (Å²) >= 11 is 0. The highest BCUT2D eigenvalue weighted by atomic mass is 15.3. The van der Waals surface area contributed by atoms with Crippen molar-refractivity contribution in [3.8, 4) is 5.69 Å². The number of aromatic nitrogens is 3. The molecule has 0 unspecified atom stereocenters. The van der Waals surface area contributed by atoms with Crippen molar-refractivity contribution < 1.29 is 0 Å². The molecule has 4 nitrogen and oxygen atoms in total. The molecule has 1 aromatic heterocycles. The van der Waals surface area contributed by atoms with Crippen LogP contribution >= 0.6 is 0 Å². The monoisotopic (exact) mass is 202 g/mol. The van der Waals surface area contributed by atoms with E-state index in [2.05, 4.69) is 35.2 Å². The molecule has 1 aromatic carbocycles. The number of nitrogens with zero attached hydrogens (tertiary/aromatic N) is 3. The van der Waals surface area contributed by atoms with Crippen molar-refractivity contribution in [1.82, 2.24) is 14.8 Å². The van der Waals surface area contributed by atoms with Gasteiger partial charge in [0.15, 0.2) is 0 Å². The predicted octanol–water partition coefficient (Wildman–Crippen LogP) is 1.08. The van der Waals surface area contributed by atoms with Crippen molar-refractivity contribution in [3.63, 3.8) is 0 Å². The summed E-state index contributed by atoms with van der Waals surface area (Å²) in [6.07, 6.45) is 4.15. The predicted molar refractivity (Wildman–Crippen MR) is 58.9 cm³/mol. The third-order valence-electron chi connectivity index (χ3n) is 2.36. The Balaban J connectivity index is 2.35. The third kappa shape index (κ3) is 2.05. The number of rotatable bonds is 3. The summed E-state index contributed by atoms with van der Waals surface area (Å²) in [7, 11) is 0. The number of benzene rings is 1. The Morgan fingerprint density at radius 2 is 2.27 bits per heavy atom. The highest BCUT2D eigenvalue weighted by Crippen LogP contribution is 2.14. The fourth-order valence-corrected chi connectivity index (χ4v) is 1.63. The van der Waals surface area contributed by atoms with Gasteiger partial charge in [-0.25, -0.2) is 9.67 Å². The summed E-state index contributed by atoms with van der Waals surface area (Å²) in [4.78, 5) is 3.93. The number of nitrogens with two attached hydrogens (primary N) is 1. The molecule has 0 spiro atoms. The number of hydrogen-bond acceptors (Lipinski definition) is 3. The Labute approximate surface area is 88.8 Å². The van der Waals surface area contributed by atoms with Crippen molar-refractivity contribution >= 4 is 0 Å². The molecule has 0 radical (unpaired) electrons. The lowest BCUT2D eigenvalue weighted by atomic mass is 10.1. The summed E-state index contributed by atoms with van der Waals surface area (Å²) in [5, 5.41) is 4.10. The van der Waals surface area contributed by atoms with Crippen molar-refractivity contribution in [2.75, 3.05) is 6.54 Å². The maximum atomic E-state index is 5.52. The van der Waals surface area contributed by atoms with Gasteiger partial charge >= 0.3 is 0 Å². The summed E-state index contributed by atoms with van der Waals surface area (Å²) in [6.45, 7) is 2.75. The molecule has 1 heterocycles. The molecule has 0 fully saturated rings. The molecule has 15 heavy (non-hydrogen) atoms. The number of aryl methyl sites for hydroxylation is 1. The minimum Gasteiger partial charge on any atom is -0.330 e. The molecule has 78 valence electrons. The van der Waals surface area contributed by atoms with Crippen molar-refractivity contribution in [2.45, 2.75) is 13.3 Å². The second kappa shape index (κ2) is 4.23. The van der Waals surface area contributed by atoms with Gasteiger partial charge in [0.05, 0.1) is 5.69 Å². The molecule has 2 rings (SSSR count). The van der Waals surface area contributed by atoms with E-state index in [-0.39, 0.29) is 0 Å². The lowest BCUT2D eigenvalue weighted by Gasteiger charge is -2.07.